The van der Waals surface area contributed by atoms with Crippen LogP contribution in [0.5, 0.6) is 0 Å². The third-order valence-electron chi connectivity index (χ3n) is 5.36. The summed E-state index contributed by atoms with van der Waals surface area (Å²) in [5.41, 5.74) is 2.78. The fraction of sp³-hybridized carbons (Fsp3) is 0.733. The highest BCUT2D eigenvalue weighted by Gasteiger charge is 2.55. The Balaban J connectivity index is 2.07. The van der Waals surface area contributed by atoms with Crippen molar-refractivity contribution in [2.45, 2.75) is 46.5 Å². The number of rotatable bonds is 0. The third kappa shape index (κ3) is 1.33. The summed E-state index contributed by atoms with van der Waals surface area (Å²) in [6.45, 7) is 7.48. The highest BCUT2D eigenvalue weighted by atomic mass is 16.1. The molecule has 2 atom stereocenters. The molecule has 2 nitrogen and oxygen atoms in total. The zero-order chi connectivity index (χ0) is 12.3. The maximum Gasteiger partial charge on any atom is 0.138 e. The van der Waals surface area contributed by atoms with Crippen molar-refractivity contribution in [3.05, 3.63) is 11.6 Å². The fourth-order valence-corrected chi connectivity index (χ4v) is 4.34. The molecule has 1 heterocycles. The monoisotopic (exact) mass is 231 g/mol. The molecule has 2 saturated carbocycles. The van der Waals surface area contributed by atoms with Crippen LogP contribution in [0.15, 0.2) is 16.6 Å². The predicted molar refractivity (Wildman–Crippen MR) is 69.2 cm³/mol. The number of hydrogen-bond donors (Lipinski definition) is 0. The lowest BCUT2D eigenvalue weighted by Gasteiger charge is -2.53. The Morgan fingerprint density at radius 3 is 2.82 bits per heavy atom. The number of ketones is 1. The van der Waals surface area contributed by atoms with E-state index in [1.165, 1.54) is 11.3 Å². The molecule has 0 aromatic heterocycles. The summed E-state index contributed by atoms with van der Waals surface area (Å²) >= 11 is 0. The van der Waals surface area contributed by atoms with Crippen molar-refractivity contribution in [1.82, 2.24) is 0 Å². The van der Waals surface area contributed by atoms with Gasteiger partial charge in [0.1, 0.15) is 5.78 Å². The Labute approximate surface area is 103 Å². The molecule has 2 heteroatoms. The van der Waals surface area contributed by atoms with Crippen LogP contribution in [0.25, 0.3) is 0 Å². The second-order valence-corrected chi connectivity index (χ2v) is 6.57. The minimum atomic E-state index is -0.163. The number of nitrogens with zero attached hydrogens (tertiary/aromatic N) is 1. The van der Waals surface area contributed by atoms with Crippen molar-refractivity contribution >= 4 is 11.5 Å². The molecule has 0 unspecified atom stereocenters. The summed E-state index contributed by atoms with van der Waals surface area (Å²) in [6.07, 6.45) is 6.28. The van der Waals surface area contributed by atoms with Gasteiger partial charge in [0, 0.05) is 23.0 Å². The SMILES string of the molecule is CC1(C)C(=O)CC[C@]2(C)C3=NCC=C3CC[C@@H]12. The molecule has 0 aromatic rings. The standard InChI is InChI=1S/C15H21NO/c1-14(2)11-5-4-10-7-9-16-13(10)15(11,3)8-6-12(14)17/h7,11H,4-6,8-9H2,1-3H3/t11-,15-/m0/s1. The molecule has 3 rings (SSSR count). The van der Waals surface area contributed by atoms with Crippen LogP contribution >= 0.6 is 0 Å². The summed E-state index contributed by atoms with van der Waals surface area (Å²) in [6, 6.07) is 0. The summed E-state index contributed by atoms with van der Waals surface area (Å²) in [5, 5.41) is 0. The number of hydrogen-bond acceptors (Lipinski definition) is 2. The van der Waals surface area contributed by atoms with Crippen LogP contribution in [0.3, 0.4) is 0 Å². The second-order valence-electron chi connectivity index (χ2n) is 6.57. The number of carbonyl (C=O) groups is 1. The molecule has 92 valence electrons. The van der Waals surface area contributed by atoms with Gasteiger partial charge in [-0.25, -0.2) is 0 Å². The molecule has 3 aliphatic rings. The first-order valence-corrected chi connectivity index (χ1v) is 6.74. The highest BCUT2D eigenvalue weighted by molar-refractivity contribution is 6.08. The zero-order valence-electron chi connectivity index (χ0n) is 11.0. The predicted octanol–water partition coefficient (Wildman–Crippen LogP) is 3.17. The topological polar surface area (TPSA) is 29.4 Å². The first kappa shape index (κ1) is 11.2. The van der Waals surface area contributed by atoms with E-state index >= 15 is 0 Å². The molecule has 2 fully saturated rings. The van der Waals surface area contributed by atoms with Crippen LogP contribution in [0, 0.1) is 16.7 Å². The van der Waals surface area contributed by atoms with Gasteiger partial charge in [-0.05, 0) is 30.8 Å². The van der Waals surface area contributed by atoms with E-state index in [0.29, 0.717) is 11.7 Å². The summed E-state index contributed by atoms with van der Waals surface area (Å²) in [4.78, 5) is 16.9. The maximum absolute atomic E-state index is 12.2. The second kappa shape index (κ2) is 3.30. The zero-order valence-corrected chi connectivity index (χ0v) is 11.0. The van der Waals surface area contributed by atoms with Crippen molar-refractivity contribution in [2.24, 2.45) is 21.7 Å². The average molecular weight is 231 g/mol. The van der Waals surface area contributed by atoms with Crippen molar-refractivity contribution < 1.29 is 4.79 Å². The average Bonchev–Trinajstić information content (AvgIpc) is 2.74. The fourth-order valence-electron chi connectivity index (χ4n) is 4.34. The van der Waals surface area contributed by atoms with Gasteiger partial charge in [-0.1, -0.05) is 26.8 Å². The van der Waals surface area contributed by atoms with E-state index in [1.54, 1.807) is 0 Å². The number of allylic oxidation sites excluding steroid dienone is 1. The van der Waals surface area contributed by atoms with E-state index in [-0.39, 0.29) is 10.8 Å². The third-order valence-corrected chi connectivity index (χ3v) is 5.36. The number of fused-ring (bicyclic) bond motifs is 3. The van der Waals surface area contributed by atoms with Crippen LogP contribution in [-0.4, -0.2) is 18.0 Å². The van der Waals surface area contributed by atoms with Gasteiger partial charge >= 0.3 is 0 Å². The summed E-state index contributed by atoms with van der Waals surface area (Å²) < 4.78 is 0. The normalized spacial score (nSPS) is 39.2. The van der Waals surface area contributed by atoms with Gasteiger partial charge < -0.3 is 0 Å². The first-order valence-electron chi connectivity index (χ1n) is 6.74. The molecule has 1 aliphatic heterocycles. The molecule has 0 saturated heterocycles. The van der Waals surface area contributed by atoms with E-state index in [2.05, 4.69) is 26.8 Å². The van der Waals surface area contributed by atoms with Crippen LogP contribution in [0.2, 0.25) is 0 Å². The smallest absolute Gasteiger partial charge is 0.138 e. The summed E-state index contributed by atoms with van der Waals surface area (Å²) in [7, 11) is 0. The minimum absolute atomic E-state index is 0.151. The Bertz CT molecular complexity index is 444. The molecule has 0 radical (unpaired) electrons. The Hall–Kier alpha value is -0.920. The van der Waals surface area contributed by atoms with E-state index in [4.69, 9.17) is 4.99 Å². The molecule has 17 heavy (non-hydrogen) atoms. The number of Topliss-reactive ketones (excluding diaryl/α,β-unsaturated/α-hetero) is 1. The molecule has 0 amide bonds. The molecule has 0 N–H and O–H groups in total. The maximum atomic E-state index is 12.2. The van der Waals surface area contributed by atoms with Gasteiger partial charge in [0.15, 0.2) is 0 Å². The minimum Gasteiger partial charge on any atom is -0.299 e. The lowest BCUT2D eigenvalue weighted by atomic mass is 9.50. The van der Waals surface area contributed by atoms with Gasteiger partial charge in [0.05, 0.1) is 6.54 Å². The van der Waals surface area contributed by atoms with E-state index in [9.17, 15) is 4.79 Å². The molecule has 0 bridgehead atoms. The van der Waals surface area contributed by atoms with Crippen molar-refractivity contribution in [2.75, 3.05) is 6.54 Å². The lowest BCUT2D eigenvalue weighted by Crippen LogP contribution is -2.53. The van der Waals surface area contributed by atoms with Crippen molar-refractivity contribution in [3.8, 4) is 0 Å². The largest absolute Gasteiger partial charge is 0.299 e. The van der Waals surface area contributed by atoms with Crippen molar-refractivity contribution in [1.29, 1.82) is 0 Å². The highest BCUT2D eigenvalue weighted by Crippen LogP contribution is 2.56. The van der Waals surface area contributed by atoms with E-state index < -0.39 is 0 Å². The molecule has 0 aromatic carbocycles. The van der Waals surface area contributed by atoms with Crippen LogP contribution in [0.1, 0.15) is 46.5 Å². The Morgan fingerprint density at radius 2 is 2.06 bits per heavy atom. The molecule has 0 spiro atoms. The van der Waals surface area contributed by atoms with Crippen molar-refractivity contribution in [3.63, 3.8) is 0 Å². The van der Waals surface area contributed by atoms with Gasteiger partial charge in [-0.2, -0.15) is 0 Å². The Morgan fingerprint density at radius 1 is 1.29 bits per heavy atom. The first-order chi connectivity index (χ1) is 7.96. The number of carbonyl (C=O) groups excluding carboxylic acids is 1. The van der Waals surface area contributed by atoms with Gasteiger partial charge in [-0.3, -0.25) is 9.79 Å². The van der Waals surface area contributed by atoms with Gasteiger partial charge in [0.25, 0.3) is 0 Å². The molecular formula is C15H21NO. The van der Waals surface area contributed by atoms with Crippen LogP contribution in [-0.2, 0) is 4.79 Å². The lowest BCUT2D eigenvalue weighted by molar-refractivity contribution is -0.137. The van der Waals surface area contributed by atoms with Gasteiger partial charge in [-0.15, -0.1) is 0 Å². The molecule has 2 aliphatic carbocycles. The van der Waals surface area contributed by atoms with E-state index in [0.717, 1.165) is 32.2 Å². The molecular weight excluding hydrogens is 210 g/mol. The van der Waals surface area contributed by atoms with Crippen LogP contribution < -0.4 is 0 Å². The van der Waals surface area contributed by atoms with Crippen LogP contribution in [0.4, 0.5) is 0 Å². The quantitative estimate of drug-likeness (QED) is 0.629. The Kier molecular flexibility index (Phi) is 2.17. The van der Waals surface area contributed by atoms with Gasteiger partial charge in [0.2, 0.25) is 0 Å². The summed E-state index contributed by atoms with van der Waals surface area (Å²) in [5.74, 6) is 0.927. The van der Waals surface area contributed by atoms with E-state index in [1.807, 2.05) is 0 Å². The number of aliphatic imine (C=N–C) groups is 1.